The van der Waals surface area contributed by atoms with Crippen LogP contribution in [0.1, 0.15) is 23.6 Å². The number of nitrogens with two attached hydrogens (primary N) is 1. The van der Waals surface area contributed by atoms with Gasteiger partial charge in [0.2, 0.25) is 0 Å². The third-order valence-electron chi connectivity index (χ3n) is 3.41. The van der Waals surface area contributed by atoms with E-state index in [2.05, 4.69) is 4.90 Å². The Morgan fingerprint density at radius 3 is 2.43 bits per heavy atom. The fraction of sp³-hybridized carbons (Fsp3) is 0.235. The Labute approximate surface area is 124 Å². The van der Waals surface area contributed by atoms with Gasteiger partial charge in [-0.25, -0.2) is 4.39 Å². The largest absolute Gasteiger partial charge is 0.399 e. The minimum absolute atomic E-state index is 0.329. The maximum Gasteiger partial charge on any atom is 0.129 e. The van der Waals surface area contributed by atoms with Crippen LogP contribution in [-0.2, 0) is 13.1 Å². The van der Waals surface area contributed by atoms with Crippen molar-refractivity contribution in [2.45, 2.75) is 20.0 Å². The highest BCUT2D eigenvalue weighted by atomic mass is 19.1. The molecule has 0 bridgehead atoms. The van der Waals surface area contributed by atoms with Gasteiger partial charge in [-0.15, -0.1) is 0 Å². The van der Waals surface area contributed by atoms with Crippen LogP contribution in [0.5, 0.6) is 0 Å². The predicted octanol–water partition coefficient (Wildman–Crippen LogP) is 3.30. The predicted molar refractivity (Wildman–Crippen MR) is 81.8 cm³/mol. The van der Waals surface area contributed by atoms with E-state index in [0.717, 1.165) is 24.3 Å². The number of benzene rings is 2. The lowest BCUT2D eigenvalue weighted by Crippen LogP contribution is -2.22. The molecule has 0 spiro atoms. The Balaban J connectivity index is 2.08. The van der Waals surface area contributed by atoms with Gasteiger partial charge < -0.3 is 5.73 Å². The molecule has 0 atom stereocenters. The van der Waals surface area contributed by atoms with Gasteiger partial charge in [0, 0.05) is 24.3 Å². The minimum atomic E-state index is -0.329. The van der Waals surface area contributed by atoms with Gasteiger partial charge in [0.15, 0.2) is 0 Å². The Morgan fingerprint density at radius 2 is 1.86 bits per heavy atom. The smallest absolute Gasteiger partial charge is 0.129 e. The fourth-order valence-corrected chi connectivity index (χ4v) is 2.15. The minimum Gasteiger partial charge on any atom is -0.399 e. The maximum absolute atomic E-state index is 13.9. The van der Waals surface area contributed by atoms with E-state index in [0.29, 0.717) is 17.7 Å². The number of nitriles is 1. The molecule has 4 heteroatoms. The molecule has 0 aliphatic heterocycles. The van der Waals surface area contributed by atoms with Crippen LogP contribution in [0.25, 0.3) is 0 Å². The summed E-state index contributed by atoms with van der Waals surface area (Å²) in [6.07, 6.45) is 0. The molecule has 0 radical (unpaired) electrons. The van der Waals surface area contributed by atoms with Crippen LogP contribution < -0.4 is 5.73 Å². The third kappa shape index (κ3) is 4.04. The number of rotatable bonds is 5. The van der Waals surface area contributed by atoms with Gasteiger partial charge in [0.25, 0.3) is 0 Å². The van der Waals surface area contributed by atoms with E-state index in [9.17, 15) is 4.39 Å². The molecule has 0 saturated heterocycles. The van der Waals surface area contributed by atoms with Crippen LogP contribution >= 0.6 is 0 Å². The van der Waals surface area contributed by atoms with Crippen molar-refractivity contribution in [3.63, 3.8) is 0 Å². The number of hydrogen-bond acceptors (Lipinski definition) is 3. The molecular formula is C17H18FN3. The number of nitrogens with zero attached hydrogens (tertiary/aromatic N) is 2. The molecule has 2 aromatic rings. The second-order valence-corrected chi connectivity index (χ2v) is 4.96. The molecule has 0 amide bonds. The average molecular weight is 283 g/mol. The fourth-order valence-electron chi connectivity index (χ4n) is 2.15. The van der Waals surface area contributed by atoms with Gasteiger partial charge in [-0.05, 0) is 36.4 Å². The van der Waals surface area contributed by atoms with Crippen molar-refractivity contribution in [1.82, 2.24) is 4.90 Å². The monoisotopic (exact) mass is 283 g/mol. The van der Waals surface area contributed by atoms with Gasteiger partial charge in [0.1, 0.15) is 5.82 Å². The average Bonchev–Trinajstić information content (AvgIpc) is 2.50. The molecule has 0 aliphatic rings. The summed E-state index contributed by atoms with van der Waals surface area (Å²) in [5.41, 5.74) is 8.49. The Bertz CT molecular complexity index is 644. The summed E-state index contributed by atoms with van der Waals surface area (Å²) in [6.45, 7) is 4.09. The molecule has 0 heterocycles. The molecular weight excluding hydrogens is 265 g/mol. The second-order valence-electron chi connectivity index (χ2n) is 4.96. The lowest BCUT2D eigenvalue weighted by atomic mass is 10.1. The van der Waals surface area contributed by atoms with Crippen molar-refractivity contribution in [2.75, 3.05) is 12.3 Å². The summed E-state index contributed by atoms with van der Waals surface area (Å²) in [5, 5.41) is 8.76. The molecule has 0 aromatic heterocycles. The van der Waals surface area contributed by atoms with Crippen molar-refractivity contribution in [2.24, 2.45) is 0 Å². The highest BCUT2D eigenvalue weighted by molar-refractivity contribution is 5.39. The van der Waals surface area contributed by atoms with Crippen LogP contribution in [0.4, 0.5) is 10.1 Å². The molecule has 21 heavy (non-hydrogen) atoms. The van der Waals surface area contributed by atoms with Crippen molar-refractivity contribution in [3.8, 4) is 6.07 Å². The lowest BCUT2D eigenvalue weighted by Gasteiger charge is -2.21. The van der Waals surface area contributed by atoms with Crippen LogP contribution in [0.3, 0.4) is 0 Å². The van der Waals surface area contributed by atoms with Crippen LogP contribution in [-0.4, -0.2) is 11.4 Å². The first-order valence-corrected chi connectivity index (χ1v) is 6.87. The maximum atomic E-state index is 13.9. The summed E-state index contributed by atoms with van der Waals surface area (Å²) in [4.78, 5) is 2.13. The molecule has 0 fully saturated rings. The van der Waals surface area contributed by atoms with E-state index in [1.807, 2.05) is 37.3 Å². The molecule has 3 nitrogen and oxygen atoms in total. The van der Waals surface area contributed by atoms with Crippen LogP contribution in [0.2, 0.25) is 0 Å². The first-order chi connectivity index (χ1) is 10.1. The van der Waals surface area contributed by atoms with E-state index in [4.69, 9.17) is 11.0 Å². The van der Waals surface area contributed by atoms with Gasteiger partial charge in [0.05, 0.1) is 11.6 Å². The number of hydrogen-bond donors (Lipinski definition) is 1. The quantitative estimate of drug-likeness (QED) is 0.857. The second kappa shape index (κ2) is 6.87. The van der Waals surface area contributed by atoms with Gasteiger partial charge in [-0.2, -0.15) is 5.26 Å². The number of halogens is 1. The third-order valence-corrected chi connectivity index (χ3v) is 3.41. The SMILES string of the molecule is CCN(Cc1ccc(N)cc1)Cc1ccc(C#N)cc1F. The Morgan fingerprint density at radius 1 is 1.14 bits per heavy atom. The highest BCUT2D eigenvalue weighted by Gasteiger charge is 2.09. The van der Waals surface area contributed by atoms with Crippen molar-refractivity contribution in [3.05, 3.63) is 65.0 Å². The molecule has 0 saturated carbocycles. The lowest BCUT2D eigenvalue weighted by molar-refractivity contribution is 0.267. The topological polar surface area (TPSA) is 53.0 Å². The molecule has 2 N–H and O–H groups in total. The zero-order valence-electron chi connectivity index (χ0n) is 12.0. The number of anilines is 1. The first-order valence-electron chi connectivity index (χ1n) is 6.87. The summed E-state index contributed by atoms with van der Waals surface area (Å²) in [7, 11) is 0. The van der Waals surface area contributed by atoms with Crippen molar-refractivity contribution >= 4 is 5.69 Å². The molecule has 108 valence electrons. The Kier molecular flexibility index (Phi) is 4.91. The molecule has 0 unspecified atom stereocenters. The van der Waals surface area contributed by atoms with Crippen molar-refractivity contribution < 1.29 is 4.39 Å². The van der Waals surface area contributed by atoms with Crippen molar-refractivity contribution in [1.29, 1.82) is 5.26 Å². The standard InChI is InChI=1S/C17H18FN3/c1-2-21(11-13-4-7-16(20)8-5-13)12-15-6-3-14(10-19)9-17(15)18/h3-9H,2,11-12,20H2,1H3. The molecule has 2 rings (SSSR count). The van der Waals surface area contributed by atoms with E-state index in [-0.39, 0.29) is 5.82 Å². The van der Waals surface area contributed by atoms with Crippen LogP contribution in [0, 0.1) is 17.1 Å². The van der Waals surface area contributed by atoms with Gasteiger partial charge >= 0.3 is 0 Å². The summed E-state index contributed by atoms with van der Waals surface area (Å²) in [5.74, 6) is -0.329. The van der Waals surface area contributed by atoms with Gasteiger partial charge in [-0.1, -0.05) is 25.1 Å². The van der Waals surface area contributed by atoms with Gasteiger partial charge in [-0.3, -0.25) is 4.90 Å². The summed E-state index contributed by atoms with van der Waals surface area (Å²) in [6, 6.07) is 14.2. The number of nitrogen functional groups attached to an aromatic ring is 1. The van der Waals surface area contributed by atoms with E-state index >= 15 is 0 Å². The first kappa shape index (κ1) is 15.0. The van der Waals surface area contributed by atoms with E-state index in [1.54, 1.807) is 12.1 Å². The summed E-state index contributed by atoms with van der Waals surface area (Å²) < 4.78 is 13.9. The highest BCUT2D eigenvalue weighted by Crippen LogP contribution is 2.15. The van der Waals surface area contributed by atoms with E-state index < -0.39 is 0 Å². The normalized spacial score (nSPS) is 10.6. The van der Waals surface area contributed by atoms with Crippen LogP contribution in [0.15, 0.2) is 42.5 Å². The zero-order valence-corrected chi connectivity index (χ0v) is 12.0. The van der Waals surface area contributed by atoms with E-state index in [1.165, 1.54) is 6.07 Å². The molecule has 2 aromatic carbocycles. The Hall–Kier alpha value is -2.38. The zero-order chi connectivity index (χ0) is 15.2. The summed E-state index contributed by atoms with van der Waals surface area (Å²) >= 11 is 0. The molecule has 0 aliphatic carbocycles.